The summed E-state index contributed by atoms with van der Waals surface area (Å²) in [5, 5.41) is 13.8. The molecule has 1 N–H and O–H groups in total. The smallest absolute Gasteiger partial charge is 0.312 e. The molecule has 0 unspecified atom stereocenters. The van der Waals surface area contributed by atoms with Crippen molar-refractivity contribution in [1.29, 1.82) is 0 Å². The largest absolute Gasteiger partial charge is 0.481 e. The molecular weight excluding hydrogens is 308 g/mol. The Morgan fingerprint density at radius 2 is 2.18 bits per heavy atom. The number of sulfonamides is 1. The van der Waals surface area contributed by atoms with Crippen molar-refractivity contribution in [3.8, 4) is 0 Å². The van der Waals surface area contributed by atoms with Crippen molar-refractivity contribution in [2.45, 2.75) is 18.5 Å². The highest BCUT2D eigenvalue weighted by molar-refractivity contribution is 7.89. The normalized spacial score (nSPS) is 29.8. The van der Waals surface area contributed by atoms with E-state index in [9.17, 15) is 18.3 Å². The van der Waals surface area contributed by atoms with Crippen molar-refractivity contribution < 1.29 is 18.3 Å². The summed E-state index contributed by atoms with van der Waals surface area (Å²) in [6.07, 6.45) is 1.45. The molecule has 2 aliphatic heterocycles. The fourth-order valence-electron chi connectivity index (χ4n) is 3.67. The van der Waals surface area contributed by atoms with Crippen LogP contribution in [0.1, 0.15) is 6.92 Å². The molecule has 0 amide bonds. The number of fused-ring (bicyclic) bond motifs is 1. The Morgan fingerprint density at radius 1 is 1.45 bits per heavy atom. The summed E-state index contributed by atoms with van der Waals surface area (Å²) in [7, 11) is -1.85. The highest BCUT2D eigenvalue weighted by atomic mass is 32.2. The van der Waals surface area contributed by atoms with Gasteiger partial charge in [-0.25, -0.2) is 8.42 Å². The maximum Gasteiger partial charge on any atom is 0.312 e. The Balaban J connectivity index is 1.94. The Bertz CT molecular complexity index is 701. The molecule has 2 aliphatic rings. The quantitative estimate of drug-likeness (QED) is 0.803. The van der Waals surface area contributed by atoms with Crippen molar-refractivity contribution in [2.75, 3.05) is 33.2 Å². The second-order valence-corrected chi connectivity index (χ2v) is 8.02. The zero-order valence-electron chi connectivity index (χ0n) is 12.6. The summed E-state index contributed by atoms with van der Waals surface area (Å²) >= 11 is 0. The lowest BCUT2D eigenvalue weighted by Gasteiger charge is -2.24. The average Bonchev–Trinajstić information content (AvgIpc) is 3.09. The molecule has 0 aliphatic carbocycles. The first-order valence-corrected chi connectivity index (χ1v) is 8.69. The van der Waals surface area contributed by atoms with Crippen molar-refractivity contribution in [1.82, 2.24) is 19.0 Å². The summed E-state index contributed by atoms with van der Waals surface area (Å²) in [5.74, 6) is -1.09. The van der Waals surface area contributed by atoms with E-state index in [1.807, 2.05) is 18.9 Å². The lowest BCUT2D eigenvalue weighted by Crippen LogP contribution is -2.41. The number of hydrogen-bond donors (Lipinski definition) is 1. The van der Waals surface area contributed by atoms with Crippen LogP contribution in [0.25, 0.3) is 0 Å². The number of aliphatic carboxylic acids is 1. The van der Waals surface area contributed by atoms with Crippen molar-refractivity contribution in [3.63, 3.8) is 0 Å². The highest BCUT2D eigenvalue weighted by Gasteiger charge is 2.59. The lowest BCUT2D eigenvalue weighted by molar-refractivity contribution is -0.148. The first-order chi connectivity index (χ1) is 10.3. The zero-order chi connectivity index (χ0) is 16.1. The molecule has 3 rings (SSSR count). The minimum Gasteiger partial charge on any atom is -0.481 e. The fraction of sp³-hybridized carbons (Fsp3) is 0.692. The minimum absolute atomic E-state index is 0.0224. The second kappa shape index (κ2) is 5.04. The third kappa shape index (κ3) is 2.07. The summed E-state index contributed by atoms with van der Waals surface area (Å²) in [6.45, 7) is 3.52. The van der Waals surface area contributed by atoms with Gasteiger partial charge >= 0.3 is 5.97 Å². The van der Waals surface area contributed by atoms with Crippen LogP contribution in [0, 0.1) is 11.3 Å². The van der Waals surface area contributed by atoms with Crippen molar-refractivity contribution >= 4 is 16.0 Å². The zero-order valence-corrected chi connectivity index (χ0v) is 13.5. The van der Waals surface area contributed by atoms with E-state index in [0.29, 0.717) is 19.6 Å². The minimum atomic E-state index is -3.72. The SMILES string of the molecule is CCn1nccc1S(=O)(=O)N1C[C@@H]2CN(C)C[C@]2(C(=O)O)C1. The number of carboxylic acid groups (broad SMARTS) is 1. The van der Waals surface area contributed by atoms with Gasteiger partial charge in [0, 0.05) is 38.6 Å². The van der Waals surface area contributed by atoms with Crippen LogP contribution in [-0.2, 0) is 21.4 Å². The molecule has 9 heteroatoms. The number of likely N-dealkylation sites (tertiary alicyclic amines) is 1. The second-order valence-electron chi connectivity index (χ2n) is 6.14. The molecule has 2 fully saturated rings. The van der Waals surface area contributed by atoms with E-state index in [-0.39, 0.29) is 24.0 Å². The molecule has 22 heavy (non-hydrogen) atoms. The van der Waals surface area contributed by atoms with Gasteiger partial charge in [0.1, 0.15) is 0 Å². The van der Waals surface area contributed by atoms with Gasteiger partial charge in [-0.3, -0.25) is 9.48 Å². The first kappa shape index (κ1) is 15.4. The topological polar surface area (TPSA) is 95.7 Å². The number of rotatable bonds is 4. The molecule has 0 spiro atoms. The van der Waals surface area contributed by atoms with Gasteiger partial charge in [-0.1, -0.05) is 0 Å². The van der Waals surface area contributed by atoms with Crippen molar-refractivity contribution in [3.05, 3.63) is 12.3 Å². The van der Waals surface area contributed by atoms with E-state index in [2.05, 4.69) is 5.10 Å². The van der Waals surface area contributed by atoms with E-state index in [0.717, 1.165) is 0 Å². The van der Waals surface area contributed by atoms with Gasteiger partial charge in [0.2, 0.25) is 0 Å². The van der Waals surface area contributed by atoms with Crippen LogP contribution in [0.3, 0.4) is 0 Å². The molecule has 0 radical (unpaired) electrons. The van der Waals surface area contributed by atoms with Crippen LogP contribution in [-0.4, -0.2) is 71.7 Å². The number of aryl methyl sites for hydroxylation is 1. The van der Waals surface area contributed by atoms with Gasteiger partial charge in [-0.2, -0.15) is 9.40 Å². The van der Waals surface area contributed by atoms with Gasteiger partial charge < -0.3 is 10.0 Å². The summed E-state index contributed by atoms with van der Waals surface area (Å²) in [4.78, 5) is 13.7. The van der Waals surface area contributed by atoms with Gasteiger partial charge in [0.25, 0.3) is 10.0 Å². The van der Waals surface area contributed by atoms with Gasteiger partial charge in [-0.05, 0) is 20.0 Å². The molecular formula is C13H20N4O4S. The predicted octanol–water partition coefficient (Wildman–Crippen LogP) is -0.460. The Hall–Kier alpha value is -1.45. The Labute approximate surface area is 129 Å². The molecule has 2 atom stereocenters. The van der Waals surface area contributed by atoms with Gasteiger partial charge in [-0.15, -0.1) is 0 Å². The third-order valence-electron chi connectivity index (χ3n) is 4.76. The molecule has 8 nitrogen and oxygen atoms in total. The number of hydrogen-bond acceptors (Lipinski definition) is 5. The lowest BCUT2D eigenvalue weighted by atomic mass is 9.81. The summed E-state index contributed by atoms with van der Waals surface area (Å²) in [6, 6.07) is 1.46. The Morgan fingerprint density at radius 3 is 2.77 bits per heavy atom. The van der Waals surface area contributed by atoms with E-state index < -0.39 is 21.4 Å². The summed E-state index contributed by atoms with van der Waals surface area (Å²) in [5.41, 5.74) is -1.00. The molecule has 0 bridgehead atoms. The third-order valence-corrected chi connectivity index (χ3v) is 6.59. The average molecular weight is 328 g/mol. The van der Waals surface area contributed by atoms with E-state index >= 15 is 0 Å². The maximum absolute atomic E-state index is 12.8. The van der Waals surface area contributed by atoms with E-state index in [4.69, 9.17) is 0 Å². The first-order valence-electron chi connectivity index (χ1n) is 7.25. The Kier molecular flexibility index (Phi) is 3.54. The van der Waals surface area contributed by atoms with Crippen LogP contribution in [0.4, 0.5) is 0 Å². The molecule has 3 heterocycles. The predicted molar refractivity (Wildman–Crippen MR) is 77.7 cm³/mol. The van der Waals surface area contributed by atoms with Gasteiger partial charge in [0.15, 0.2) is 5.03 Å². The number of nitrogens with zero attached hydrogens (tertiary/aromatic N) is 4. The van der Waals surface area contributed by atoms with Crippen LogP contribution in [0.5, 0.6) is 0 Å². The standard InChI is InChI=1S/C13H20N4O4S/c1-3-17-11(4-5-14-17)22(20,21)16-7-10-6-15(2)8-13(10,9-16)12(18)19/h4-5,10H,3,6-9H2,1-2H3,(H,18,19)/t10-,13-/m0/s1. The molecule has 1 aromatic heterocycles. The number of carboxylic acids is 1. The van der Waals surface area contributed by atoms with E-state index in [1.165, 1.54) is 21.3 Å². The number of carbonyl (C=O) groups is 1. The van der Waals surface area contributed by atoms with Gasteiger partial charge in [0.05, 0.1) is 11.6 Å². The molecule has 2 saturated heterocycles. The monoisotopic (exact) mass is 328 g/mol. The maximum atomic E-state index is 12.8. The molecule has 0 saturated carbocycles. The van der Waals surface area contributed by atoms with Crippen LogP contribution in [0.2, 0.25) is 0 Å². The van der Waals surface area contributed by atoms with Crippen LogP contribution < -0.4 is 0 Å². The fourth-order valence-corrected chi connectivity index (χ4v) is 5.38. The molecule has 1 aromatic rings. The van der Waals surface area contributed by atoms with E-state index in [1.54, 1.807) is 0 Å². The molecule has 122 valence electrons. The van der Waals surface area contributed by atoms with Crippen LogP contribution >= 0.6 is 0 Å². The molecule has 0 aromatic carbocycles. The van der Waals surface area contributed by atoms with Crippen molar-refractivity contribution in [2.24, 2.45) is 11.3 Å². The summed E-state index contributed by atoms with van der Waals surface area (Å²) < 4.78 is 28.3. The highest BCUT2D eigenvalue weighted by Crippen LogP contribution is 2.43. The van der Waals surface area contributed by atoms with Crippen LogP contribution in [0.15, 0.2) is 17.3 Å². The number of aromatic nitrogens is 2.